The molecule has 1 aromatic carbocycles. The first-order valence-corrected chi connectivity index (χ1v) is 7.31. The molecule has 0 spiro atoms. The highest BCUT2D eigenvalue weighted by molar-refractivity contribution is 5.36. The number of aryl methyl sites for hydroxylation is 1. The van der Waals surface area contributed by atoms with Crippen LogP contribution < -0.4 is 5.73 Å². The molecular weight excluding hydrogens is 236 g/mol. The van der Waals surface area contributed by atoms with Gasteiger partial charge in [0.15, 0.2) is 0 Å². The number of likely N-dealkylation sites (N-methyl/N-ethyl adjacent to an activating group) is 1. The standard InChI is InChI=1S/C16H26N2O/c1-3-18(11-12-19-2)16(13-17)10-6-8-14-7-4-5-9-15(14)16/h4-5,7,9H,3,6,8,10-13,17H2,1-2H3. The van der Waals surface area contributed by atoms with Gasteiger partial charge >= 0.3 is 0 Å². The lowest BCUT2D eigenvalue weighted by Gasteiger charge is -2.47. The van der Waals surface area contributed by atoms with Crippen molar-refractivity contribution in [1.82, 2.24) is 4.90 Å². The van der Waals surface area contributed by atoms with Gasteiger partial charge in [-0.25, -0.2) is 0 Å². The number of hydrogen-bond acceptors (Lipinski definition) is 3. The van der Waals surface area contributed by atoms with E-state index in [1.54, 1.807) is 7.11 Å². The SMILES string of the molecule is CCN(CCOC)C1(CN)CCCc2ccccc21. The molecule has 1 aliphatic rings. The van der Waals surface area contributed by atoms with Gasteiger partial charge in [0.25, 0.3) is 0 Å². The second kappa shape index (κ2) is 6.51. The summed E-state index contributed by atoms with van der Waals surface area (Å²) in [6.45, 7) is 5.61. The van der Waals surface area contributed by atoms with Crippen molar-refractivity contribution in [2.75, 3.05) is 33.4 Å². The molecule has 2 N–H and O–H groups in total. The average Bonchev–Trinajstić information content (AvgIpc) is 2.48. The molecule has 1 aromatic rings. The first-order chi connectivity index (χ1) is 9.28. The molecule has 3 nitrogen and oxygen atoms in total. The van der Waals surface area contributed by atoms with Crippen LogP contribution in [-0.2, 0) is 16.7 Å². The molecule has 106 valence electrons. The Bertz CT molecular complexity index is 407. The minimum Gasteiger partial charge on any atom is -0.383 e. The number of rotatable bonds is 6. The Morgan fingerprint density at radius 2 is 2.16 bits per heavy atom. The molecule has 1 aliphatic carbocycles. The molecule has 0 heterocycles. The number of ether oxygens (including phenoxy) is 1. The Hall–Kier alpha value is -0.900. The quantitative estimate of drug-likeness (QED) is 0.853. The third-order valence-corrected chi connectivity index (χ3v) is 4.45. The molecule has 19 heavy (non-hydrogen) atoms. The average molecular weight is 262 g/mol. The molecule has 0 bridgehead atoms. The molecule has 3 heteroatoms. The monoisotopic (exact) mass is 262 g/mol. The Labute approximate surface area is 116 Å². The summed E-state index contributed by atoms with van der Waals surface area (Å²) in [6.07, 6.45) is 3.55. The van der Waals surface area contributed by atoms with Crippen LogP contribution in [0.1, 0.15) is 30.9 Å². The number of methoxy groups -OCH3 is 1. The Kier molecular flexibility index (Phi) is 4.97. The molecule has 0 saturated carbocycles. The zero-order valence-electron chi connectivity index (χ0n) is 12.2. The van der Waals surface area contributed by atoms with Crippen molar-refractivity contribution in [2.24, 2.45) is 5.73 Å². The van der Waals surface area contributed by atoms with Crippen molar-refractivity contribution >= 4 is 0 Å². The van der Waals surface area contributed by atoms with Gasteiger partial charge in [-0.15, -0.1) is 0 Å². The molecule has 1 unspecified atom stereocenters. The van der Waals surface area contributed by atoms with Crippen molar-refractivity contribution in [3.63, 3.8) is 0 Å². The first-order valence-electron chi connectivity index (χ1n) is 7.31. The highest BCUT2D eigenvalue weighted by Gasteiger charge is 2.39. The van der Waals surface area contributed by atoms with Crippen LogP contribution >= 0.6 is 0 Å². The van der Waals surface area contributed by atoms with Gasteiger partial charge in [-0.1, -0.05) is 31.2 Å². The molecule has 0 fully saturated rings. The Morgan fingerprint density at radius 3 is 2.84 bits per heavy atom. The molecule has 2 rings (SSSR count). The van der Waals surface area contributed by atoms with Gasteiger partial charge in [-0.3, -0.25) is 4.90 Å². The van der Waals surface area contributed by atoms with E-state index in [1.807, 2.05) is 0 Å². The van der Waals surface area contributed by atoms with Crippen LogP contribution in [0.4, 0.5) is 0 Å². The van der Waals surface area contributed by atoms with E-state index < -0.39 is 0 Å². The molecule has 0 aromatic heterocycles. The Morgan fingerprint density at radius 1 is 1.37 bits per heavy atom. The van der Waals surface area contributed by atoms with Gasteiger partial charge in [0, 0.05) is 20.2 Å². The number of nitrogens with two attached hydrogens (primary N) is 1. The third kappa shape index (κ3) is 2.69. The van der Waals surface area contributed by atoms with Crippen LogP contribution in [0.2, 0.25) is 0 Å². The second-order valence-corrected chi connectivity index (χ2v) is 5.32. The summed E-state index contributed by atoms with van der Waals surface area (Å²) >= 11 is 0. The fraction of sp³-hybridized carbons (Fsp3) is 0.625. The minimum atomic E-state index is 0.00211. The Balaban J connectivity index is 2.36. The number of fused-ring (bicyclic) bond motifs is 1. The van der Waals surface area contributed by atoms with E-state index in [2.05, 4.69) is 36.1 Å². The summed E-state index contributed by atoms with van der Waals surface area (Å²) < 4.78 is 5.26. The normalized spacial score (nSPS) is 22.5. The van der Waals surface area contributed by atoms with Crippen LogP contribution in [0.15, 0.2) is 24.3 Å². The lowest BCUT2D eigenvalue weighted by atomic mass is 9.75. The summed E-state index contributed by atoms with van der Waals surface area (Å²) in [5.74, 6) is 0. The van der Waals surface area contributed by atoms with E-state index in [1.165, 1.54) is 24.0 Å². The van der Waals surface area contributed by atoms with Crippen LogP contribution in [0.3, 0.4) is 0 Å². The maximum atomic E-state index is 6.22. The summed E-state index contributed by atoms with van der Waals surface area (Å²) in [4.78, 5) is 2.49. The zero-order chi connectivity index (χ0) is 13.7. The summed E-state index contributed by atoms with van der Waals surface area (Å²) in [7, 11) is 1.76. The number of hydrogen-bond donors (Lipinski definition) is 1. The first kappa shape index (κ1) is 14.5. The highest BCUT2D eigenvalue weighted by Crippen LogP contribution is 2.39. The largest absolute Gasteiger partial charge is 0.383 e. The van der Waals surface area contributed by atoms with Crippen molar-refractivity contribution in [2.45, 2.75) is 31.7 Å². The predicted octanol–water partition coefficient (Wildman–Crippen LogP) is 2.15. The van der Waals surface area contributed by atoms with Crippen LogP contribution in [0, 0.1) is 0 Å². The van der Waals surface area contributed by atoms with Gasteiger partial charge < -0.3 is 10.5 Å². The van der Waals surface area contributed by atoms with E-state index in [9.17, 15) is 0 Å². The molecule has 0 aliphatic heterocycles. The molecule has 0 amide bonds. The van der Waals surface area contributed by atoms with Crippen molar-refractivity contribution < 1.29 is 4.74 Å². The minimum absolute atomic E-state index is 0.00211. The molecule has 1 atom stereocenters. The van der Waals surface area contributed by atoms with Gasteiger partial charge in [-0.05, 0) is 36.9 Å². The van der Waals surface area contributed by atoms with E-state index >= 15 is 0 Å². The maximum Gasteiger partial charge on any atom is 0.0590 e. The van der Waals surface area contributed by atoms with Crippen LogP contribution in [-0.4, -0.2) is 38.3 Å². The zero-order valence-corrected chi connectivity index (χ0v) is 12.2. The summed E-state index contributed by atoms with van der Waals surface area (Å²) in [5, 5.41) is 0. The number of nitrogens with zero attached hydrogens (tertiary/aromatic N) is 1. The topological polar surface area (TPSA) is 38.5 Å². The van der Waals surface area contributed by atoms with E-state index in [0.717, 1.165) is 26.1 Å². The lowest BCUT2D eigenvalue weighted by molar-refractivity contribution is 0.0496. The fourth-order valence-electron chi connectivity index (χ4n) is 3.44. The van der Waals surface area contributed by atoms with Gasteiger partial charge in [0.1, 0.15) is 0 Å². The molecule has 0 saturated heterocycles. The van der Waals surface area contributed by atoms with Crippen molar-refractivity contribution in [3.8, 4) is 0 Å². The molecular formula is C16H26N2O. The van der Waals surface area contributed by atoms with Crippen molar-refractivity contribution in [1.29, 1.82) is 0 Å². The summed E-state index contributed by atoms with van der Waals surface area (Å²) in [6, 6.07) is 8.79. The third-order valence-electron chi connectivity index (χ3n) is 4.45. The number of benzene rings is 1. The highest BCUT2D eigenvalue weighted by atomic mass is 16.5. The predicted molar refractivity (Wildman–Crippen MR) is 79.2 cm³/mol. The van der Waals surface area contributed by atoms with Gasteiger partial charge in [-0.2, -0.15) is 0 Å². The smallest absolute Gasteiger partial charge is 0.0590 e. The maximum absolute atomic E-state index is 6.22. The second-order valence-electron chi connectivity index (χ2n) is 5.32. The van der Waals surface area contributed by atoms with Gasteiger partial charge in [0.2, 0.25) is 0 Å². The lowest BCUT2D eigenvalue weighted by Crippen LogP contribution is -2.54. The fourth-order valence-corrected chi connectivity index (χ4v) is 3.44. The van der Waals surface area contributed by atoms with Crippen molar-refractivity contribution in [3.05, 3.63) is 35.4 Å². The van der Waals surface area contributed by atoms with Crippen LogP contribution in [0.25, 0.3) is 0 Å². The summed E-state index contributed by atoms with van der Waals surface area (Å²) in [5.41, 5.74) is 9.12. The van der Waals surface area contributed by atoms with E-state index in [0.29, 0.717) is 6.54 Å². The van der Waals surface area contributed by atoms with E-state index in [-0.39, 0.29) is 5.54 Å². The van der Waals surface area contributed by atoms with Gasteiger partial charge in [0.05, 0.1) is 12.1 Å². The van der Waals surface area contributed by atoms with E-state index in [4.69, 9.17) is 10.5 Å². The molecule has 0 radical (unpaired) electrons. The van der Waals surface area contributed by atoms with Crippen LogP contribution in [0.5, 0.6) is 0 Å².